The molecule has 1 atom stereocenters. The fourth-order valence-electron chi connectivity index (χ4n) is 4.59. The van der Waals surface area contributed by atoms with Gasteiger partial charge in [0.25, 0.3) is 11.8 Å². The lowest BCUT2D eigenvalue weighted by atomic mass is 9.97. The van der Waals surface area contributed by atoms with E-state index in [0.29, 0.717) is 18.0 Å². The number of nitrogens with zero attached hydrogens (tertiary/aromatic N) is 4. The summed E-state index contributed by atoms with van der Waals surface area (Å²) >= 11 is 0. The van der Waals surface area contributed by atoms with Gasteiger partial charge in [0, 0.05) is 30.9 Å². The van der Waals surface area contributed by atoms with E-state index >= 15 is 0 Å². The van der Waals surface area contributed by atoms with E-state index in [1.165, 1.54) is 21.7 Å². The van der Waals surface area contributed by atoms with Crippen molar-refractivity contribution in [3.8, 4) is 11.3 Å². The first-order valence-electron chi connectivity index (χ1n) is 11.1. The van der Waals surface area contributed by atoms with Crippen LogP contribution in [0.15, 0.2) is 24.4 Å². The monoisotopic (exact) mass is 472 g/mol. The largest absolute Gasteiger partial charge is 0.417 e. The minimum atomic E-state index is -4.72. The Morgan fingerprint density at radius 1 is 1.32 bits per heavy atom. The molecular formula is C23H23F3N6O2. The first-order valence-corrected chi connectivity index (χ1v) is 11.1. The molecule has 2 amide bonds. The van der Waals surface area contributed by atoms with Crippen molar-refractivity contribution < 1.29 is 22.8 Å². The highest BCUT2D eigenvalue weighted by Crippen LogP contribution is 2.43. The van der Waals surface area contributed by atoms with Crippen LogP contribution in [-0.2, 0) is 12.7 Å². The summed E-state index contributed by atoms with van der Waals surface area (Å²) in [6, 6.07) is 3.91. The molecular weight excluding hydrogens is 449 g/mol. The Morgan fingerprint density at radius 3 is 2.71 bits per heavy atom. The molecule has 1 saturated carbocycles. The molecule has 0 bridgehead atoms. The molecule has 0 spiro atoms. The Morgan fingerprint density at radius 2 is 2.06 bits per heavy atom. The number of hydrogen-bond donors (Lipinski definition) is 2. The maximum atomic E-state index is 14.0. The van der Waals surface area contributed by atoms with Crippen LogP contribution in [0.4, 0.5) is 19.0 Å². The van der Waals surface area contributed by atoms with E-state index in [0.717, 1.165) is 18.9 Å². The number of aromatic nitrogens is 3. The van der Waals surface area contributed by atoms with Crippen LogP contribution in [-0.4, -0.2) is 43.9 Å². The second kappa shape index (κ2) is 7.71. The highest BCUT2D eigenvalue weighted by molar-refractivity contribution is 6.04. The standard InChI is InChI=1S/C23H23F3N6O2/c1-3-28-21(33)18-19(27)30-32-7-6-16(29-20(18)32)13-8-14-10-31(11(2)12-4-5-12)22(34)17(14)15(9-13)23(24,25)26/h6-9,11-12H,3-5,10H2,1-2H3,(H2,27,30)(H,28,33). The number of hydrogen-bond acceptors (Lipinski definition) is 5. The molecule has 1 fully saturated rings. The number of carbonyl (C=O) groups excluding carboxylic acids is 2. The number of rotatable bonds is 5. The number of halogens is 3. The highest BCUT2D eigenvalue weighted by atomic mass is 19.4. The van der Waals surface area contributed by atoms with E-state index < -0.39 is 23.6 Å². The summed E-state index contributed by atoms with van der Waals surface area (Å²) in [5.74, 6) is -0.759. The Kier molecular flexibility index (Phi) is 5.03. The summed E-state index contributed by atoms with van der Waals surface area (Å²) in [7, 11) is 0. The minimum Gasteiger partial charge on any atom is -0.381 e. The predicted molar refractivity (Wildman–Crippen MR) is 118 cm³/mol. The quantitative estimate of drug-likeness (QED) is 0.591. The van der Waals surface area contributed by atoms with Crippen molar-refractivity contribution in [2.75, 3.05) is 12.3 Å². The zero-order chi connectivity index (χ0) is 24.4. The number of fused-ring (bicyclic) bond motifs is 2. The van der Waals surface area contributed by atoms with E-state index in [9.17, 15) is 22.8 Å². The number of amides is 2. The Hall–Kier alpha value is -3.63. The molecule has 3 N–H and O–H groups in total. The fourth-order valence-corrected chi connectivity index (χ4v) is 4.59. The van der Waals surface area contributed by atoms with Gasteiger partial charge in [-0.05, 0) is 56.4 Å². The molecule has 8 nitrogen and oxygen atoms in total. The molecule has 2 aromatic heterocycles. The van der Waals surface area contributed by atoms with Gasteiger partial charge in [-0.25, -0.2) is 9.50 Å². The second-order valence-electron chi connectivity index (χ2n) is 8.77. The van der Waals surface area contributed by atoms with Crippen molar-refractivity contribution in [1.82, 2.24) is 24.8 Å². The molecule has 2 aliphatic rings. The smallest absolute Gasteiger partial charge is 0.381 e. The maximum absolute atomic E-state index is 14.0. The van der Waals surface area contributed by atoms with Gasteiger partial charge in [-0.1, -0.05) is 0 Å². The van der Waals surface area contributed by atoms with Crippen molar-refractivity contribution in [1.29, 1.82) is 0 Å². The summed E-state index contributed by atoms with van der Waals surface area (Å²) < 4.78 is 43.5. The molecule has 0 saturated heterocycles. The zero-order valence-electron chi connectivity index (χ0n) is 18.6. The van der Waals surface area contributed by atoms with E-state index in [1.54, 1.807) is 13.0 Å². The van der Waals surface area contributed by atoms with Crippen molar-refractivity contribution in [3.05, 3.63) is 46.6 Å². The van der Waals surface area contributed by atoms with E-state index in [4.69, 9.17) is 5.73 Å². The first-order chi connectivity index (χ1) is 16.1. The third-order valence-corrected chi connectivity index (χ3v) is 6.51. The lowest BCUT2D eigenvalue weighted by Crippen LogP contribution is -2.35. The number of alkyl halides is 3. The third kappa shape index (κ3) is 3.55. The van der Waals surface area contributed by atoms with Gasteiger partial charge in [-0.3, -0.25) is 9.59 Å². The molecule has 3 aromatic rings. The molecule has 34 heavy (non-hydrogen) atoms. The fraction of sp³-hybridized carbons (Fsp3) is 0.391. The Balaban J connectivity index is 1.63. The summed E-state index contributed by atoms with van der Waals surface area (Å²) in [6.45, 7) is 4.11. The van der Waals surface area contributed by atoms with Crippen LogP contribution in [0.1, 0.15) is 58.5 Å². The topological polar surface area (TPSA) is 106 Å². The van der Waals surface area contributed by atoms with E-state index in [-0.39, 0.29) is 46.4 Å². The minimum absolute atomic E-state index is 0.0316. The van der Waals surface area contributed by atoms with Crippen LogP contribution in [0.2, 0.25) is 0 Å². The summed E-state index contributed by atoms with van der Waals surface area (Å²) in [5.41, 5.74) is 5.55. The third-order valence-electron chi connectivity index (χ3n) is 6.51. The predicted octanol–water partition coefficient (Wildman–Crippen LogP) is 3.50. The van der Waals surface area contributed by atoms with Crippen molar-refractivity contribution in [3.63, 3.8) is 0 Å². The molecule has 1 aliphatic carbocycles. The Labute approximate surface area is 192 Å². The van der Waals surface area contributed by atoms with E-state index in [1.807, 2.05) is 6.92 Å². The van der Waals surface area contributed by atoms with Gasteiger partial charge >= 0.3 is 6.18 Å². The average Bonchev–Trinajstić information content (AvgIpc) is 3.50. The zero-order valence-corrected chi connectivity index (χ0v) is 18.6. The molecule has 178 valence electrons. The molecule has 0 radical (unpaired) electrons. The number of carbonyl (C=O) groups is 2. The highest BCUT2D eigenvalue weighted by Gasteiger charge is 2.44. The van der Waals surface area contributed by atoms with Crippen LogP contribution in [0.25, 0.3) is 16.9 Å². The van der Waals surface area contributed by atoms with Crippen LogP contribution in [0.3, 0.4) is 0 Å². The molecule has 3 heterocycles. The van der Waals surface area contributed by atoms with Gasteiger partial charge in [-0.15, -0.1) is 5.10 Å². The van der Waals surface area contributed by atoms with Crippen LogP contribution in [0, 0.1) is 5.92 Å². The number of anilines is 1. The lowest BCUT2D eigenvalue weighted by Gasteiger charge is -2.24. The van der Waals surface area contributed by atoms with Crippen LogP contribution < -0.4 is 11.1 Å². The molecule has 1 aliphatic heterocycles. The normalized spacial score (nSPS) is 16.7. The summed E-state index contributed by atoms with van der Waals surface area (Å²) in [5, 5.41) is 6.70. The van der Waals surface area contributed by atoms with Gasteiger partial charge < -0.3 is 16.0 Å². The lowest BCUT2D eigenvalue weighted by molar-refractivity contribution is -0.137. The SMILES string of the molecule is CCNC(=O)c1c(N)nn2ccc(-c3cc4c(c(C(F)(F)F)c3)C(=O)N(C(C)C3CC3)C4)nc12. The van der Waals surface area contributed by atoms with Crippen LogP contribution in [0.5, 0.6) is 0 Å². The molecule has 1 aromatic carbocycles. The average molecular weight is 472 g/mol. The summed E-state index contributed by atoms with van der Waals surface area (Å²) in [4.78, 5) is 31.4. The second-order valence-corrected chi connectivity index (χ2v) is 8.77. The van der Waals surface area contributed by atoms with Gasteiger partial charge in [0.15, 0.2) is 11.5 Å². The number of nitrogen functional groups attached to an aromatic ring is 1. The van der Waals surface area contributed by atoms with Crippen LogP contribution >= 0.6 is 0 Å². The molecule has 1 unspecified atom stereocenters. The first kappa shape index (κ1) is 22.2. The van der Waals surface area contributed by atoms with Crippen molar-refractivity contribution in [2.24, 2.45) is 5.92 Å². The Bertz CT molecular complexity index is 1330. The number of nitrogens with one attached hydrogen (secondary N) is 1. The van der Waals surface area contributed by atoms with Gasteiger partial charge in [-0.2, -0.15) is 13.2 Å². The van der Waals surface area contributed by atoms with Gasteiger partial charge in [0.2, 0.25) is 0 Å². The van der Waals surface area contributed by atoms with Gasteiger partial charge in [0.1, 0.15) is 5.56 Å². The molecule has 5 rings (SSSR count). The van der Waals surface area contributed by atoms with Crippen molar-refractivity contribution >= 4 is 23.3 Å². The molecule has 11 heteroatoms. The van der Waals surface area contributed by atoms with Gasteiger partial charge in [0.05, 0.1) is 16.8 Å². The van der Waals surface area contributed by atoms with E-state index in [2.05, 4.69) is 15.4 Å². The number of nitrogens with two attached hydrogens (primary N) is 1. The van der Waals surface area contributed by atoms with Crippen molar-refractivity contribution in [2.45, 2.75) is 45.5 Å². The summed E-state index contributed by atoms with van der Waals surface area (Å²) in [6.07, 6.45) is -1.27. The maximum Gasteiger partial charge on any atom is 0.417 e. The number of benzene rings is 1.